The number of ether oxygens (including phenoxy) is 2. The van der Waals surface area contributed by atoms with Gasteiger partial charge < -0.3 is 14.4 Å². The van der Waals surface area contributed by atoms with Crippen molar-refractivity contribution in [3.63, 3.8) is 0 Å². The van der Waals surface area contributed by atoms with Crippen LogP contribution in [-0.4, -0.2) is 55.0 Å². The van der Waals surface area contributed by atoms with E-state index >= 15 is 0 Å². The number of carbonyl (C=O) groups excluding carboxylic acids is 2. The van der Waals surface area contributed by atoms with Crippen molar-refractivity contribution in [3.05, 3.63) is 64.2 Å². The lowest BCUT2D eigenvalue weighted by Gasteiger charge is -2.30. The zero-order valence-electron chi connectivity index (χ0n) is 17.7. The first-order chi connectivity index (χ1) is 15.0. The first kappa shape index (κ1) is 21.7. The van der Waals surface area contributed by atoms with Crippen LogP contribution in [-0.2, 0) is 22.6 Å². The Hall–Kier alpha value is -2.57. The molecule has 0 spiro atoms. The van der Waals surface area contributed by atoms with Crippen molar-refractivity contribution >= 4 is 23.5 Å². The zero-order valence-corrected chi connectivity index (χ0v) is 18.4. The van der Waals surface area contributed by atoms with Gasteiger partial charge in [-0.1, -0.05) is 17.7 Å². The Morgan fingerprint density at radius 2 is 1.84 bits per heavy atom. The van der Waals surface area contributed by atoms with Gasteiger partial charge in [0.1, 0.15) is 12.4 Å². The number of likely N-dealkylation sites (tertiary alicyclic amines) is 1. The number of fused-ring (bicyclic) bond motifs is 1. The van der Waals surface area contributed by atoms with Gasteiger partial charge in [-0.05, 0) is 67.9 Å². The third-order valence-corrected chi connectivity index (χ3v) is 6.26. The summed E-state index contributed by atoms with van der Waals surface area (Å²) in [6.07, 6.45) is 1.65. The molecule has 31 heavy (non-hydrogen) atoms. The minimum absolute atomic E-state index is 0.00846. The average Bonchev–Trinajstić information content (AvgIpc) is 3.01. The number of nitrogens with zero attached hydrogens (tertiary/aromatic N) is 2. The Labute approximate surface area is 187 Å². The molecule has 0 saturated carbocycles. The zero-order chi connectivity index (χ0) is 21.8. The number of benzene rings is 2. The van der Waals surface area contributed by atoms with Gasteiger partial charge in [0.25, 0.3) is 5.91 Å². The lowest BCUT2D eigenvalue weighted by Crippen LogP contribution is -2.36. The molecular formula is C24H27ClN2O4. The number of carbonyl (C=O) groups is 2. The minimum Gasteiger partial charge on any atom is -0.491 e. The van der Waals surface area contributed by atoms with Crippen molar-refractivity contribution in [3.8, 4) is 5.75 Å². The number of hydrogen-bond donors (Lipinski definition) is 0. The Kier molecular flexibility index (Phi) is 6.78. The number of esters is 1. The van der Waals surface area contributed by atoms with Gasteiger partial charge in [0, 0.05) is 29.2 Å². The predicted molar refractivity (Wildman–Crippen MR) is 118 cm³/mol. The van der Waals surface area contributed by atoms with Gasteiger partial charge in [0.2, 0.25) is 0 Å². The molecule has 1 amide bonds. The van der Waals surface area contributed by atoms with E-state index in [1.807, 2.05) is 11.0 Å². The van der Waals surface area contributed by atoms with Gasteiger partial charge in [-0.2, -0.15) is 0 Å². The van der Waals surface area contributed by atoms with E-state index in [4.69, 9.17) is 21.1 Å². The maximum Gasteiger partial charge on any atom is 0.308 e. The van der Waals surface area contributed by atoms with Crippen LogP contribution in [0.25, 0.3) is 0 Å². The molecule has 0 radical (unpaired) electrons. The fraction of sp³-hybridized carbons (Fsp3) is 0.417. The molecule has 0 unspecified atom stereocenters. The normalized spacial score (nSPS) is 17.4. The van der Waals surface area contributed by atoms with E-state index in [-0.39, 0.29) is 17.8 Å². The molecule has 2 aromatic carbocycles. The van der Waals surface area contributed by atoms with Crippen LogP contribution in [0.5, 0.6) is 5.75 Å². The molecule has 0 aromatic heterocycles. The molecule has 0 N–H and O–H groups in total. The lowest BCUT2D eigenvalue weighted by atomic mass is 9.96. The Morgan fingerprint density at radius 1 is 1.10 bits per heavy atom. The minimum atomic E-state index is -0.104. The average molecular weight is 443 g/mol. The number of piperidine rings is 1. The Balaban J connectivity index is 1.42. The van der Waals surface area contributed by atoms with Crippen LogP contribution in [0, 0.1) is 5.92 Å². The molecule has 2 aliphatic rings. The molecule has 7 heteroatoms. The Bertz CT molecular complexity index is 939. The third-order valence-electron chi connectivity index (χ3n) is 6.01. The summed E-state index contributed by atoms with van der Waals surface area (Å²) < 4.78 is 10.8. The number of hydrogen-bond acceptors (Lipinski definition) is 5. The summed E-state index contributed by atoms with van der Waals surface area (Å²) in [5.41, 5.74) is 2.82. The van der Waals surface area contributed by atoms with E-state index in [0.29, 0.717) is 30.3 Å². The maximum atomic E-state index is 13.0. The number of methoxy groups -OCH3 is 1. The van der Waals surface area contributed by atoms with Gasteiger partial charge in [-0.15, -0.1) is 0 Å². The van der Waals surface area contributed by atoms with Crippen molar-refractivity contribution in [2.75, 3.05) is 33.4 Å². The largest absolute Gasteiger partial charge is 0.491 e. The molecule has 0 aliphatic carbocycles. The second-order valence-corrected chi connectivity index (χ2v) is 8.53. The first-order valence-corrected chi connectivity index (χ1v) is 11.0. The van der Waals surface area contributed by atoms with Gasteiger partial charge >= 0.3 is 5.97 Å². The molecular weight excluding hydrogens is 416 g/mol. The summed E-state index contributed by atoms with van der Waals surface area (Å²) in [6.45, 7) is 4.06. The monoisotopic (exact) mass is 442 g/mol. The van der Waals surface area contributed by atoms with E-state index in [1.54, 1.807) is 24.3 Å². The van der Waals surface area contributed by atoms with Gasteiger partial charge in [0.05, 0.1) is 19.6 Å². The van der Waals surface area contributed by atoms with Crippen LogP contribution in [0.2, 0.25) is 5.02 Å². The predicted octanol–water partition coefficient (Wildman–Crippen LogP) is 3.76. The van der Waals surface area contributed by atoms with Crippen LogP contribution in [0.3, 0.4) is 0 Å². The fourth-order valence-corrected chi connectivity index (χ4v) is 4.37. The molecule has 2 aliphatic heterocycles. The molecule has 2 heterocycles. The van der Waals surface area contributed by atoms with E-state index in [9.17, 15) is 9.59 Å². The summed E-state index contributed by atoms with van der Waals surface area (Å²) in [6, 6.07) is 13.2. The standard InChI is InChI=1S/C24H27ClN2O4/c1-30-24(29)19-8-10-26(11-9-19)15-17-2-7-22-20(14-17)16-27(12-13-31-22)23(28)18-3-5-21(25)6-4-18/h2-7,14,19H,8-13,15-16H2,1H3. The molecule has 1 saturated heterocycles. The highest BCUT2D eigenvalue weighted by molar-refractivity contribution is 6.30. The van der Waals surface area contributed by atoms with Crippen LogP contribution in [0.4, 0.5) is 0 Å². The number of amides is 1. The molecule has 1 fully saturated rings. The molecule has 2 aromatic rings. The van der Waals surface area contributed by atoms with Crippen LogP contribution in [0.15, 0.2) is 42.5 Å². The summed E-state index contributed by atoms with van der Waals surface area (Å²) in [5, 5.41) is 0.612. The van der Waals surface area contributed by atoms with E-state index in [0.717, 1.165) is 43.8 Å². The first-order valence-electron chi connectivity index (χ1n) is 10.6. The van der Waals surface area contributed by atoms with Crippen LogP contribution < -0.4 is 4.74 Å². The highest BCUT2D eigenvalue weighted by atomic mass is 35.5. The number of rotatable bonds is 4. The molecule has 4 rings (SSSR count). The lowest BCUT2D eigenvalue weighted by molar-refractivity contribution is -0.147. The van der Waals surface area contributed by atoms with Crippen molar-refractivity contribution in [1.82, 2.24) is 9.80 Å². The highest BCUT2D eigenvalue weighted by Gasteiger charge is 2.26. The summed E-state index contributed by atoms with van der Waals surface area (Å²) >= 11 is 5.95. The SMILES string of the molecule is COC(=O)C1CCN(Cc2ccc3c(c2)CN(C(=O)c2ccc(Cl)cc2)CCO3)CC1. The van der Waals surface area contributed by atoms with Crippen LogP contribution >= 0.6 is 11.6 Å². The second-order valence-electron chi connectivity index (χ2n) is 8.10. The third kappa shape index (κ3) is 5.20. The van der Waals surface area contributed by atoms with Gasteiger partial charge in [-0.3, -0.25) is 14.5 Å². The van der Waals surface area contributed by atoms with Crippen LogP contribution in [0.1, 0.15) is 34.3 Å². The summed E-state index contributed by atoms with van der Waals surface area (Å²) in [5.74, 6) is 0.712. The molecule has 0 bridgehead atoms. The van der Waals surface area contributed by atoms with E-state index < -0.39 is 0 Å². The topological polar surface area (TPSA) is 59.1 Å². The molecule has 0 atom stereocenters. The van der Waals surface area contributed by atoms with Crippen molar-refractivity contribution in [2.24, 2.45) is 5.92 Å². The molecule has 6 nitrogen and oxygen atoms in total. The highest BCUT2D eigenvalue weighted by Crippen LogP contribution is 2.27. The summed E-state index contributed by atoms with van der Waals surface area (Å²) in [4.78, 5) is 28.9. The summed E-state index contributed by atoms with van der Waals surface area (Å²) in [7, 11) is 1.45. The molecule has 164 valence electrons. The second kappa shape index (κ2) is 9.71. The van der Waals surface area contributed by atoms with Crippen molar-refractivity contribution in [2.45, 2.75) is 25.9 Å². The van der Waals surface area contributed by atoms with E-state index in [2.05, 4.69) is 17.0 Å². The van der Waals surface area contributed by atoms with E-state index in [1.165, 1.54) is 12.7 Å². The van der Waals surface area contributed by atoms with Gasteiger partial charge in [0.15, 0.2) is 0 Å². The fourth-order valence-electron chi connectivity index (χ4n) is 4.25. The number of halogens is 1. The Morgan fingerprint density at radius 3 is 2.55 bits per heavy atom. The quantitative estimate of drug-likeness (QED) is 0.675. The van der Waals surface area contributed by atoms with Crippen molar-refractivity contribution in [1.29, 1.82) is 0 Å². The van der Waals surface area contributed by atoms with Crippen molar-refractivity contribution < 1.29 is 19.1 Å². The smallest absolute Gasteiger partial charge is 0.308 e. The van der Waals surface area contributed by atoms with Gasteiger partial charge in [-0.25, -0.2) is 0 Å². The maximum absolute atomic E-state index is 13.0.